The van der Waals surface area contributed by atoms with Gasteiger partial charge in [-0.2, -0.15) is 0 Å². The number of amides is 2. The van der Waals surface area contributed by atoms with Crippen LogP contribution in [0.25, 0.3) is 5.57 Å². The first kappa shape index (κ1) is 22.3. The molecule has 1 fully saturated rings. The van der Waals surface area contributed by atoms with E-state index in [9.17, 15) is 9.59 Å². The number of imide groups is 1. The predicted molar refractivity (Wildman–Crippen MR) is 117 cm³/mol. The largest absolute Gasteiger partial charge is 0.493 e. The molecule has 2 amide bonds. The Labute approximate surface area is 179 Å². The van der Waals surface area contributed by atoms with E-state index >= 15 is 0 Å². The second-order valence-corrected chi connectivity index (χ2v) is 8.73. The summed E-state index contributed by atoms with van der Waals surface area (Å²) in [6.45, 7) is 9.59. The number of nitrogens with zero attached hydrogens (tertiary/aromatic N) is 2. The molecule has 0 radical (unpaired) electrons. The van der Waals surface area contributed by atoms with Crippen LogP contribution >= 0.6 is 0 Å². The van der Waals surface area contributed by atoms with E-state index in [-0.39, 0.29) is 11.8 Å². The van der Waals surface area contributed by atoms with Crippen molar-refractivity contribution in [2.45, 2.75) is 40.0 Å². The van der Waals surface area contributed by atoms with Gasteiger partial charge in [-0.15, -0.1) is 0 Å². The Morgan fingerprint density at radius 1 is 1.07 bits per heavy atom. The minimum absolute atomic E-state index is 0.180. The number of rotatable bonds is 9. The molecule has 0 spiro atoms. The van der Waals surface area contributed by atoms with Crippen molar-refractivity contribution in [2.75, 3.05) is 40.0 Å². The minimum Gasteiger partial charge on any atom is -0.493 e. The Morgan fingerprint density at radius 2 is 1.73 bits per heavy atom. The summed E-state index contributed by atoms with van der Waals surface area (Å²) in [7, 11) is 1.63. The molecule has 30 heavy (non-hydrogen) atoms. The number of benzene rings is 1. The SMILES string of the molecule is COCCCN1C(=O)C(c2ccc(OCC(C)C)cc2)=C(N2CCC(C)CC2)C1=O. The molecule has 0 saturated carbocycles. The van der Waals surface area contributed by atoms with Crippen LogP contribution in [0.4, 0.5) is 0 Å². The second kappa shape index (κ2) is 10.1. The fraction of sp³-hybridized carbons (Fsp3) is 0.583. The fourth-order valence-corrected chi connectivity index (χ4v) is 3.90. The van der Waals surface area contributed by atoms with E-state index in [0.29, 0.717) is 49.3 Å². The highest BCUT2D eigenvalue weighted by atomic mass is 16.5. The summed E-state index contributed by atoms with van der Waals surface area (Å²) in [4.78, 5) is 30.0. The molecule has 2 aliphatic heterocycles. The molecule has 6 nitrogen and oxygen atoms in total. The van der Waals surface area contributed by atoms with Gasteiger partial charge < -0.3 is 14.4 Å². The normalized spacial score (nSPS) is 18.2. The number of piperidine rings is 1. The standard InChI is InChI=1S/C24H34N2O4/c1-17(2)16-30-20-8-6-19(7-9-20)21-22(25-13-10-18(3)11-14-25)24(28)26(23(21)27)12-5-15-29-4/h6-9,17-18H,5,10-16H2,1-4H3. The van der Waals surface area contributed by atoms with Crippen LogP contribution in [-0.4, -0.2) is 61.6 Å². The monoisotopic (exact) mass is 414 g/mol. The molecule has 1 aromatic carbocycles. The first-order valence-corrected chi connectivity index (χ1v) is 11.0. The van der Waals surface area contributed by atoms with Gasteiger partial charge in [0.1, 0.15) is 11.4 Å². The highest BCUT2D eigenvalue weighted by Gasteiger charge is 2.41. The zero-order valence-electron chi connectivity index (χ0n) is 18.6. The molecule has 1 saturated heterocycles. The lowest BCUT2D eigenvalue weighted by Gasteiger charge is -2.32. The number of carbonyl (C=O) groups excluding carboxylic acids is 2. The maximum atomic E-state index is 13.3. The second-order valence-electron chi connectivity index (χ2n) is 8.73. The average molecular weight is 415 g/mol. The van der Waals surface area contributed by atoms with Gasteiger partial charge in [0, 0.05) is 33.4 Å². The summed E-state index contributed by atoms with van der Waals surface area (Å²) in [5.41, 5.74) is 1.84. The number of hydrogen-bond donors (Lipinski definition) is 0. The Hall–Kier alpha value is -2.34. The van der Waals surface area contributed by atoms with Gasteiger partial charge in [-0.05, 0) is 48.8 Å². The van der Waals surface area contributed by atoms with Crippen molar-refractivity contribution in [1.29, 1.82) is 0 Å². The van der Waals surface area contributed by atoms with E-state index in [1.54, 1.807) is 7.11 Å². The van der Waals surface area contributed by atoms with Crippen LogP contribution in [0.15, 0.2) is 30.0 Å². The molecule has 3 rings (SSSR count). The number of hydrogen-bond acceptors (Lipinski definition) is 5. The first-order chi connectivity index (χ1) is 14.4. The van der Waals surface area contributed by atoms with Crippen LogP contribution in [0.5, 0.6) is 5.75 Å². The summed E-state index contributed by atoms with van der Waals surface area (Å²) < 4.78 is 10.9. The topological polar surface area (TPSA) is 59.1 Å². The third-order valence-electron chi connectivity index (χ3n) is 5.70. The van der Waals surface area contributed by atoms with Gasteiger partial charge in [-0.3, -0.25) is 14.5 Å². The van der Waals surface area contributed by atoms with Gasteiger partial charge in [0.25, 0.3) is 11.8 Å². The Kier molecular flexibility index (Phi) is 7.53. The van der Waals surface area contributed by atoms with Crippen LogP contribution in [0.1, 0.15) is 45.6 Å². The van der Waals surface area contributed by atoms with Crippen LogP contribution in [0.3, 0.4) is 0 Å². The van der Waals surface area contributed by atoms with E-state index in [2.05, 4.69) is 25.7 Å². The van der Waals surface area contributed by atoms with Gasteiger partial charge in [-0.1, -0.05) is 32.9 Å². The molecule has 0 aliphatic carbocycles. The van der Waals surface area contributed by atoms with Gasteiger partial charge in [0.15, 0.2) is 0 Å². The molecule has 6 heteroatoms. The van der Waals surface area contributed by atoms with Crippen LogP contribution in [-0.2, 0) is 14.3 Å². The molecule has 1 aromatic rings. The van der Waals surface area contributed by atoms with E-state index < -0.39 is 0 Å². The average Bonchev–Trinajstić information content (AvgIpc) is 2.98. The Morgan fingerprint density at radius 3 is 2.33 bits per heavy atom. The molecule has 0 atom stereocenters. The number of methoxy groups -OCH3 is 1. The van der Waals surface area contributed by atoms with Crippen molar-refractivity contribution in [3.05, 3.63) is 35.5 Å². The van der Waals surface area contributed by atoms with E-state index in [0.717, 1.165) is 37.2 Å². The number of carbonyl (C=O) groups is 2. The lowest BCUT2D eigenvalue weighted by atomic mass is 9.97. The highest BCUT2D eigenvalue weighted by Crippen LogP contribution is 2.34. The summed E-state index contributed by atoms with van der Waals surface area (Å²) in [6, 6.07) is 7.54. The van der Waals surface area contributed by atoms with E-state index in [1.807, 2.05) is 24.3 Å². The summed E-state index contributed by atoms with van der Waals surface area (Å²) in [5.74, 6) is 1.47. The number of ether oxygens (including phenoxy) is 2. The van der Waals surface area contributed by atoms with Gasteiger partial charge in [-0.25, -0.2) is 0 Å². The molecule has 2 heterocycles. The maximum absolute atomic E-state index is 13.3. The molecule has 0 bridgehead atoms. The molecule has 2 aliphatic rings. The predicted octanol–water partition coefficient (Wildman–Crippen LogP) is 3.57. The molecular formula is C24H34N2O4. The minimum atomic E-state index is -0.208. The first-order valence-electron chi connectivity index (χ1n) is 11.0. The van der Waals surface area contributed by atoms with Crippen molar-refractivity contribution >= 4 is 17.4 Å². The van der Waals surface area contributed by atoms with Crippen molar-refractivity contribution in [3.63, 3.8) is 0 Å². The fourth-order valence-electron chi connectivity index (χ4n) is 3.90. The quantitative estimate of drug-likeness (QED) is 0.457. The van der Waals surface area contributed by atoms with Crippen molar-refractivity contribution in [3.8, 4) is 5.75 Å². The lowest BCUT2D eigenvalue weighted by molar-refractivity contribution is -0.137. The van der Waals surface area contributed by atoms with Gasteiger partial charge in [0.2, 0.25) is 0 Å². The third-order valence-corrected chi connectivity index (χ3v) is 5.70. The molecule has 0 N–H and O–H groups in total. The zero-order valence-corrected chi connectivity index (χ0v) is 18.6. The smallest absolute Gasteiger partial charge is 0.277 e. The summed E-state index contributed by atoms with van der Waals surface area (Å²) in [5, 5.41) is 0. The van der Waals surface area contributed by atoms with Crippen molar-refractivity contribution in [2.24, 2.45) is 11.8 Å². The zero-order chi connectivity index (χ0) is 21.7. The van der Waals surface area contributed by atoms with Gasteiger partial charge >= 0.3 is 0 Å². The summed E-state index contributed by atoms with van der Waals surface area (Å²) in [6.07, 6.45) is 2.70. The molecular weight excluding hydrogens is 380 g/mol. The highest BCUT2D eigenvalue weighted by molar-refractivity contribution is 6.35. The van der Waals surface area contributed by atoms with Crippen molar-refractivity contribution < 1.29 is 19.1 Å². The van der Waals surface area contributed by atoms with Crippen LogP contribution < -0.4 is 4.74 Å². The van der Waals surface area contributed by atoms with Crippen molar-refractivity contribution in [1.82, 2.24) is 9.80 Å². The van der Waals surface area contributed by atoms with Crippen LogP contribution in [0.2, 0.25) is 0 Å². The van der Waals surface area contributed by atoms with Crippen LogP contribution in [0, 0.1) is 11.8 Å². The van der Waals surface area contributed by atoms with E-state index in [4.69, 9.17) is 9.47 Å². The number of likely N-dealkylation sites (tertiary alicyclic amines) is 1. The molecule has 164 valence electrons. The van der Waals surface area contributed by atoms with Gasteiger partial charge in [0.05, 0.1) is 12.2 Å². The lowest BCUT2D eigenvalue weighted by Crippen LogP contribution is -2.39. The third kappa shape index (κ3) is 5.04. The van der Waals surface area contributed by atoms with E-state index in [1.165, 1.54) is 4.90 Å². The summed E-state index contributed by atoms with van der Waals surface area (Å²) >= 11 is 0. The Bertz CT molecular complexity index is 777. The Balaban J connectivity index is 1.89. The molecule has 0 aromatic heterocycles. The maximum Gasteiger partial charge on any atom is 0.277 e. The molecule has 0 unspecified atom stereocenters.